The minimum Gasteiger partial charge on any atom is -0.338 e. The second-order valence-electron chi connectivity index (χ2n) is 6.71. The van der Waals surface area contributed by atoms with Gasteiger partial charge in [0.05, 0.1) is 17.6 Å². The maximum Gasteiger partial charge on any atom is 0.223 e. The largest absolute Gasteiger partial charge is 0.338 e. The second kappa shape index (κ2) is 9.13. The first kappa shape index (κ1) is 21.1. The summed E-state index contributed by atoms with van der Waals surface area (Å²) in [5.74, 6) is -0.966. The van der Waals surface area contributed by atoms with Crippen LogP contribution in [0.25, 0.3) is 6.08 Å². The molecule has 2 unspecified atom stereocenters. The van der Waals surface area contributed by atoms with Gasteiger partial charge in [-0.15, -0.1) is 0 Å². The Balaban J connectivity index is 2.74. The van der Waals surface area contributed by atoms with Crippen molar-refractivity contribution in [1.82, 2.24) is 4.90 Å². The molecule has 0 bridgehead atoms. The van der Waals surface area contributed by atoms with Crippen LogP contribution in [0.3, 0.4) is 0 Å². The third-order valence-electron chi connectivity index (χ3n) is 5.03. The molecule has 28 heavy (non-hydrogen) atoms. The zero-order valence-electron chi connectivity index (χ0n) is 16.8. The molecule has 0 aliphatic rings. The van der Waals surface area contributed by atoms with E-state index in [0.717, 1.165) is 17.4 Å². The van der Waals surface area contributed by atoms with Gasteiger partial charge >= 0.3 is 0 Å². The van der Waals surface area contributed by atoms with E-state index in [0.29, 0.717) is 11.3 Å². The van der Waals surface area contributed by atoms with Crippen LogP contribution in [0.2, 0.25) is 0 Å². The molecule has 5 heteroatoms. The normalized spacial score (nSPS) is 12.6. The van der Waals surface area contributed by atoms with Crippen molar-refractivity contribution in [1.29, 1.82) is 0 Å². The lowest BCUT2D eigenvalue weighted by Gasteiger charge is -2.34. The highest BCUT2D eigenvalue weighted by Crippen LogP contribution is 2.40. The lowest BCUT2D eigenvalue weighted by Crippen LogP contribution is -2.35. The number of hydrogen-bond acceptors (Lipinski definition) is 3. The van der Waals surface area contributed by atoms with Crippen molar-refractivity contribution in [3.05, 3.63) is 71.8 Å². The fourth-order valence-corrected chi connectivity index (χ4v) is 3.39. The fourth-order valence-electron chi connectivity index (χ4n) is 3.39. The summed E-state index contributed by atoms with van der Waals surface area (Å²) < 4.78 is 0. The lowest BCUT2D eigenvalue weighted by atomic mass is 9.84. The Morgan fingerprint density at radius 2 is 1.61 bits per heavy atom. The molecule has 0 aliphatic heterocycles. The van der Waals surface area contributed by atoms with Crippen LogP contribution in [0.15, 0.2) is 55.1 Å². The molecule has 2 atom stereocenters. The van der Waals surface area contributed by atoms with Gasteiger partial charge in [-0.1, -0.05) is 61.2 Å². The molecule has 0 heterocycles. The summed E-state index contributed by atoms with van der Waals surface area (Å²) in [5, 5.41) is 0. The molecule has 0 aromatic heterocycles. The maximum absolute atomic E-state index is 12.3. The first-order chi connectivity index (χ1) is 13.3. The molecule has 0 fully saturated rings. The SMILES string of the molecule is C=Cc1cccc(C(C=O)C(c2ccccc2)N(C)C(C)=O)c1N(C)C(C)=O. The molecule has 0 saturated carbocycles. The zero-order valence-corrected chi connectivity index (χ0v) is 16.8. The average molecular weight is 378 g/mol. The van der Waals surface area contributed by atoms with E-state index < -0.39 is 12.0 Å². The molecule has 2 amide bonds. The summed E-state index contributed by atoms with van der Waals surface area (Å²) in [6, 6.07) is 14.4. The Hall–Kier alpha value is -3.21. The summed E-state index contributed by atoms with van der Waals surface area (Å²) in [5.41, 5.74) is 2.89. The third kappa shape index (κ3) is 4.19. The van der Waals surface area contributed by atoms with E-state index in [2.05, 4.69) is 6.58 Å². The number of amides is 2. The topological polar surface area (TPSA) is 57.7 Å². The Bertz CT molecular complexity index is 877. The summed E-state index contributed by atoms with van der Waals surface area (Å²) in [6.45, 7) is 6.78. The molecule has 0 N–H and O–H groups in total. The molecule has 5 nitrogen and oxygen atoms in total. The molecule has 2 rings (SSSR count). The third-order valence-corrected chi connectivity index (χ3v) is 5.03. The first-order valence-corrected chi connectivity index (χ1v) is 9.06. The van der Waals surface area contributed by atoms with Gasteiger partial charge in [-0.25, -0.2) is 0 Å². The van der Waals surface area contributed by atoms with E-state index in [-0.39, 0.29) is 11.8 Å². The number of carbonyl (C=O) groups is 3. The number of nitrogens with zero attached hydrogens (tertiary/aromatic N) is 2. The highest BCUT2D eigenvalue weighted by molar-refractivity contribution is 5.95. The molecular weight excluding hydrogens is 352 g/mol. The molecule has 0 saturated heterocycles. The summed E-state index contributed by atoms with van der Waals surface area (Å²) in [6.07, 6.45) is 2.50. The molecule has 2 aromatic rings. The second-order valence-corrected chi connectivity index (χ2v) is 6.71. The van der Waals surface area contributed by atoms with Crippen molar-refractivity contribution in [2.75, 3.05) is 19.0 Å². The number of rotatable bonds is 7. The maximum atomic E-state index is 12.3. The summed E-state index contributed by atoms with van der Waals surface area (Å²) >= 11 is 0. The van der Waals surface area contributed by atoms with Gasteiger partial charge in [-0.05, 0) is 16.7 Å². The average Bonchev–Trinajstić information content (AvgIpc) is 2.70. The quantitative estimate of drug-likeness (QED) is 0.689. The van der Waals surface area contributed by atoms with Gasteiger partial charge in [0.15, 0.2) is 0 Å². The van der Waals surface area contributed by atoms with Gasteiger partial charge in [0.2, 0.25) is 11.8 Å². The van der Waals surface area contributed by atoms with Crippen molar-refractivity contribution in [3.63, 3.8) is 0 Å². The van der Waals surface area contributed by atoms with Gasteiger partial charge in [-0.2, -0.15) is 0 Å². The lowest BCUT2D eigenvalue weighted by molar-refractivity contribution is -0.130. The number of hydrogen-bond donors (Lipinski definition) is 0. The van der Waals surface area contributed by atoms with E-state index in [1.165, 1.54) is 18.7 Å². The molecule has 0 radical (unpaired) electrons. The van der Waals surface area contributed by atoms with Crippen LogP contribution >= 0.6 is 0 Å². The van der Waals surface area contributed by atoms with E-state index in [1.54, 1.807) is 25.1 Å². The molecule has 2 aromatic carbocycles. The van der Waals surface area contributed by atoms with E-state index >= 15 is 0 Å². The van der Waals surface area contributed by atoms with Crippen LogP contribution < -0.4 is 4.90 Å². The van der Waals surface area contributed by atoms with Crippen LogP contribution in [0.5, 0.6) is 0 Å². The van der Waals surface area contributed by atoms with Crippen LogP contribution in [0, 0.1) is 0 Å². The van der Waals surface area contributed by atoms with Crippen LogP contribution in [-0.2, 0) is 14.4 Å². The van der Waals surface area contributed by atoms with Crippen LogP contribution in [0.4, 0.5) is 5.69 Å². The van der Waals surface area contributed by atoms with E-state index in [4.69, 9.17) is 0 Å². The van der Waals surface area contributed by atoms with Crippen molar-refractivity contribution in [2.24, 2.45) is 0 Å². The number of anilines is 1. The molecule has 0 aliphatic carbocycles. The number of benzene rings is 2. The van der Waals surface area contributed by atoms with Gasteiger partial charge < -0.3 is 14.6 Å². The Labute approximate surface area is 166 Å². The van der Waals surface area contributed by atoms with Crippen LogP contribution in [-0.4, -0.2) is 37.1 Å². The van der Waals surface area contributed by atoms with Gasteiger partial charge in [-0.3, -0.25) is 9.59 Å². The Morgan fingerprint density at radius 3 is 2.11 bits per heavy atom. The molecule has 0 spiro atoms. The Morgan fingerprint density at radius 1 is 0.964 bits per heavy atom. The predicted molar refractivity (Wildman–Crippen MR) is 112 cm³/mol. The number of para-hydroxylation sites is 1. The van der Waals surface area contributed by atoms with Crippen molar-refractivity contribution < 1.29 is 14.4 Å². The predicted octanol–water partition coefficient (Wildman–Crippen LogP) is 3.81. The smallest absolute Gasteiger partial charge is 0.223 e. The Kier molecular flexibility index (Phi) is 6.88. The van der Waals surface area contributed by atoms with Crippen molar-refractivity contribution in [3.8, 4) is 0 Å². The minimum atomic E-state index is -0.659. The highest BCUT2D eigenvalue weighted by Gasteiger charge is 2.32. The van der Waals surface area contributed by atoms with Gasteiger partial charge in [0, 0.05) is 27.9 Å². The zero-order chi connectivity index (χ0) is 20.8. The fraction of sp³-hybridized carbons (Fsp3) is 0.261. The van der Waals surface area contributed by atoms with Crippen molar-refractivity contribution in [2.45, 2.75) is 25.8 Å². The minimum absolute atomic E-state index is 0.151. The summed E-state index contributed by atoms with van der Waals surface area (Å²) in [7, 11) is 3.35. The first-order valence-electron chi connectivity index (χ1n) is 9.06. The summed E-state index contributed by atoms with van der Waals surface area (Å²) in [4.78, 5) is 39.7. The number of carbonyl (C=O) groups excluding carboxylic acids is 3. The molecular formula is C23H26N2O3. The number of aldehydes is 1. The monoisotopic (exact) mass is 378 g/mol. The van der Waals surface area contributed by atoms with E-state index in [9.17, 15) is 14.4 Å². The number of likely N-dealkylation sites (N-methyl/N-ethyl adjacent to an activating group) is 1. The van der Waals surface area contributed by atoms with Gasteiger partial charge in [0.1, 0.15) is 6.29 Å². The standard InChI is InChI=1S/C23H26N2O3/c1-6-18-13-10-14-20(22(18)24(4)16(2)27)21(15-26)23(25(5)17(3)28)19-11-8-7-9-12-19/h6-15,21,23H,1H2,2-5H3. The van der Waals surface area contributed by atoms with Crippen molar-refractivity contribution >= 4 is 29.9 Å². The van der Waals surface area contributed by atoms with Crippen LogP contribution in [0.1, 0.15) is 42.5 Å². The van der Waals surface area contributed by atoms with E-state index in [1.807, 2.05) is 48.5 Å². The molecule has 146 valence electrons. The highest BCUT2D eigenvalue weighted by atomic mass is 16.2. The van der Waals surface area contributed by atoms with Gasteiger partial charge in [0.25, 0.3) is 0 Å².